The van der Waals surface area contributed by atoms with Crippen LogP contribution in [0.25, 0.3) is 0 Å². The average molecular weight is 571 g/mol. The maximum absolute atomic E-state index is 13.0. The summed E-state index contributed by atoms with van der Waals surface area (Å²) in [7, 11) is 1.84. The highest BCUT2D eigenvalue weighted by Crippen LogP contribution is 2.65. The Labute approximate surface area is 228 Å². The minimum Gasteiger partial charge on any atom is -0.388 e. The van der Waals surface area contributed by atoms with Gasteiger partial charge in [-0.3, -0.25) is 9.59 Å². The summed E-state index contributed by atoms with van der Waals surface area (Å²) in [5, 5.41) is 7.05. The van der Waals surface area contributed by atoms with E-state index in [4.69, 9.17) is 58.0 Å². The Morgan fingerprint density at radius 1 is 0.914 bits per heavy atom. The van der Waals surface area contributed by atoms with Crippen molar-refractivity contribution in [1.29, 1.82) is 0 Å². The lowest BCUT2D eigenvalue weighted by Crippen LogP contribution is -2.17. The van der Waals surface area contributed by atoms with Gasteiger partial charge in [0.1, 0.15) is 4.33 Å². The summed E-state index contributed by atoms with van der Waals surface area (Å²) in [4.78, 5) is 26.1. The van der Waals surface area contributed by atoms with Crippen molar-refractivity contribution in [3.05, 3.63) is 91.9 Å². The fourth-order valence-corrected chi connectivity index (χ4v) is 5.77. The SMILES string of the molecule is CNc1ccc(CC(=O)c2cc(NC(=O)C3C(c4cc(Cl)cc(Cl)c4)C3(Cl)Cl)ccc2Cl)c(C)c1. The van der Waals surface area contributed by atoms with Crippen LogP contribution in [-0.4, -0.2) is 23.1 Å². The second kappa shape index (κ2) is 10.2. The molecule has 0 saturated heterocycles. The molecule has 1 amide bonds. The highest BCUT2D eigenvalue weighted by molar-refractivity contribution is 6.53. The lowest BCUT2D eigenvalue weighted by molar-refractivity contribution is -0.117. The van der Waals surface area contributed by atoms with Crippen LogP contribution in [0.5, 0.6) is 0 Å². The molecule has 1 fully saturated rings. The molecule has 0 bridgehead atoms. The van der Waals surface area contributed by atoms with E-state index >= 15 is 0 Å². The van der Waals surface area contributed by atoms with Gasteiger partial charge in [-0.2, -0.15) is 0 Å². The molecule has 1 aliphatic rings. The number of amides is 1. The monoisotopic (exact) mass is 568 g/mol. The molecule has 3 aromatic carbocycles. The van der Waals surface area contributed by atoms with Gasteiger partial charge in [0.2, 0.25) is 5.91 Å². The molecule has 2 atom stereocenters. The Bertz CT molecular complexity index is 1300. The molecule has 0 aliphatic heterocycles. The number of carbonyl (C=O) groups is 2. The van der Waals surface area contributed by atoms with E-state index in [1.807, 2.05) is 32.2 Å². The van der Waals surface area contributed by atoms with E-state index in [1.54, 1.807) is 36.4 Å². The molecule has 1 saturated carbocycles. The van der Waals surface area contributed by atoms with E-state index in [-0.39, 0.29) is 18.1 Å². The zero-order chi connectivity index (χ0) is 25.5. The van der Waals surface area contributed by atoms with Crippen LogP contribution >= 0.6 is 58.0 Å². The number of carbonyl (C=O) groups excluding carboxylic acids is 2. The topological polar surface area (TPSA) is 58.2 Å². The molecule has 0 spiro atoms. The second-order valence-corrected chi connectivity index (χ2v) is 11.2. The summed E-state index contributed by atoms with van der Waals surface area (Å²) in [6.45, 7) is 1.95. The third kappa shape index (κ3) is 5.58. The Morgan fingerprint density at radius 3 is 2.20 bits per heavy atom. The standard InChI is InChI=1S/C26H21Cl5N2O2/c1-13-7-18(32-2)4-3-14(13)10-22(34)20-12-19(5-6-21(20)29)33-25(35)24-23(26(24,30)31)15-8-16(27)11-17(28)9-15/h3-9,11-12,23-24,32H,10H2,1-2H3,(H,33,35). The minimum absolute atomic E-state index is 0.159. The van der Waals surface area contributed by atoms with Gasteiger partial charge in [0.25, 0.3) is 0 Å². The van der Waals surface area contributed by atoms with Gasteiger partial charge in [0.15, 0.2) is 5.78 Å². The maximum atomic E-state index is 13.0. The molecule has 0 aromatic heterocycles. The normalized spacial score (nSPS) is 18.1. The smallest absolute Gasteiger partial charge is 0.231 e. The molecule has 2 N–H and O–H groups in total. The summed E-state index contributed by atoms with van der Waals surface area (Å²) in [5.74, 6) is -1.73. The highest BCUT2D eigenvalue weighted by Gasteiger charge is 2.67. The summed E-state index contributed by atoms with van der Waals surface area (Å²) >= 11 is 31.4. The zero-order valence-corrected chi connectivity index (χ0v) is 22.5. The van der Waals surface area contributed by atoms with Crippen molar-refractivity contribution in [2.45, 2.75) is 23.6 Å². The number of halogens is 5. The molecular formula is C26H21Cl5N2O2. The first-order chi connectivity index (χ1) is 16.5. The summed E-state index contributed by atoms with van der Waals surface area (Å²) in [6, 6.07) is 15.5. The predicted octanol–water partition coefficient (Wildman–Crippen LogP) is 7.95. The van der Waals surface area contributed by atoms with Crippen LogP contribution in [0.2, 0.25) is 15.1 Å². The summed E-state index contributed by atoms with van der Waals surface area (Å²) in [6.07, 6.45) is 0.180. The molecule has 35 heavy (non-hydrogen) atoms. The van der Waals surface area contributed by atoms with E-state index in [0.717, 1.165) is 16.8 Å². The molecule has 182 valence electrons. The Morgan fingerprint density at radius 2 is 1.57 bits per heavy atom. The van der Waals surface area contributed by atoms with Crippen LogP contribution in [0.15, 0.2) is 54.6 Å². The average Bonchev–Trinajstić information content (AvgIpc) is 3.37. The third-order valence-corrected chi connectivity index (χ3v) is 7.80. The van der Waals surface area contributed by atoms with Gasteiger partial charge in [-0.05, 0) is 72.1 Å². The lowest BCUT2D eigenvalue weighted by Gasteiger charge is -2.11. The van der Waals surface area contributed by atoms with E-state index in [0.29, 0.717) is 31.9 Å². The van der Waals surface area contributed by atoms with Crippen LogP contribution in [-0.2, 0) is 11.2 Å². The molecular weight excluding hydrogens is 550 g/mol. The molecule has 3 aromatic rings. The minimum atomic E-state index is -1.31. The fraction of sp³-hybridized carbons (Fsp3) is 0.231. The van der Waals surface area contributed by atoms with Crippen LogP contribution in [0.3, 0.4) is 0 Å². The van der Waals surface area contributed by atoms with Crippen molar-refractivity contribution in [2.24, 2.45) is 5.92 Å². The third-order valence-electron chi connectivity index (χ3n) is 6.10. The number of alkyl halides is 2. The Kier molecular flexibility index (Phi) is 7.61. The van der Waals surface area contributed by atoms with Crippen molar-refractivity contribution >= 4 is 81.1 Å². The highest BCUT2D eigenvalue weighted by atomic mass is 35.5. The molecule has 0 radical (unpaired) electrons. The molecule has 4 nitrogen and oxygen atoms in total. The molecule has 2 unspecified atom stereocenters. The van der Waals surface area contributed by atoms with Crippen LogP contribution < -0.4 is 10.6 Å². The van der Waals surface area contributed by atoms with Crippen LogP contribution in [0.1, 0.15) is 33.0 Å². The van der Waals surface area contributed by atoms with Gasteiger partial charge >= 0.3 is 0 Å². The van der Waals surface area contributed by atoms with Gasteiger partial charge in [0.05, 0.1) is 10.9 Å². The van der Waals surface area contributed by atoms with Gasteiger partial charge in [0, 0.05) is 46.4 Å². The molecule has 4 rings (SSSR count). The van der Waals surface area contributed by atoms with E-state index in [2.05, 4.69) is 10.6 Å². The summed E-state index contributed by atoms with van der Waals surface area (Å²) < 4.78 is -1.31. The second-order valence-electron chi connectivity index (χ2n) is 8.51. The van der Waals surface area contributed by atoms with Crippen LogP contribution in [0, 0.1) is 12.8 Å². The first-order valence-corrected chi connectivity index (χ1v) is 12.6. The van der Waals surface area contributed by atoms with Gasteiger partial charge in [-0.15, -0.1) is 23.2 Å². The maximum Gasteiger partial charge on any atom is 0.231 e. The first kappa shape index (κ1) is 26.1. The molecule has 0 heterocycles. The van der Waals surface area contributed by atoms with Crippen molar-refractivity contribution < 1.29 is 9.59 Å². The van der Waals surface area contributed by atoms with Crippen molar-refractivity contribution in [1.82, 2.24) is 0 Å². The molecule has 1 aliphatic carbocycles. The number of Topliss-reactive ketones (excluding diaryl/α,β-unsaturated/α-hetero) is 1. The van der Waals surface area contributed by atoms with Crippen LogP contribution in [0.4, 0.5) is 11.4 Å². The summed E-state index contributed by atoms with van der Waals surface area (Å²) in [5.41, 5.74) is 4.28. The first-order valence-electron chi connectivity index (χ1n) is 10.8. The number of nitrogens with one attached hydrogen (secondary N) is 2. The fourth-order valence-electron chi connectivity index (χ4n) is 4.18. The van der Waals surface area contributed by atoms with Gasteiger partial charge < -0.3 is 10.6 Å². The van der Waals surface area contributed by atoms with Gasteiger partial charge in [-0.1, -0.05) is 40.9 Å². The molecule has 9 heteroatoms. The Balaban J connectivity index is 1.51. The number of hydrogen-bond donors (Lipinski definition) is 2. The largest absolute Gasteiger partial charge is 0.388 e. The van der Waals surface area contributed by atoms with E-state index < -0.39 is 16.2 Å². The number of rotatable bonds is 7. The number of anilines is 2. The number of hydrogen-bond acceptors (Lipinski definition) is 3. The van der Waals surface area contributed by atoms with E-state index in [9.17, 15) is 9.59 Å². The number of aryl methyl sites for hydroxylation is 1. The number of benzene rings is 3. The Hall–Kier alpha value is -1.95. The quantitative estimate of drug-likeness (QED) is 0.224. The lowest BCUT2D eigenvalue weighted by atomic mass is 9.98. The van der Waals surface area contributed by atoms with E-state index in [1.165, 1.54) is 0 Å². The van der Waals surface area contributed by atoms with Crippen molar-refractivity contribution in [3.8, 4) is 0 Å². The predicted molar refractivity (Wildman–Crippen MR) is 146 cm³/mol. The van der Waals surface area contributed by atoms with Gasteiger partial charge in [-0.25, -0.2) is 0 Å². The number of ketones is 1. The van der Waals surface area contributed by atoms with Crippen molar-refractivity contribution in [3.63, 3.8) is 0 Å². The van der Waals surface area contributed by atoms with Crippen molar-refractivity contribution in [2.75, 3.05) is 17.7 Å². The zero-order valence-electron chi connectivity index (χ0n) is 18.8.